The second-order valence-corrected chi connectivity index (χ2v) is 5.04. The molecule has 4 nitrogen and oxygen atoms in total. The Morgan fingerprint density at radius 3 is 2.40 bits per heavy atom. The van der Waals surface area contributed by atoms with Gasteiger partial charge in [-0.1, -0.05) is 42.5 Å². The number of nitrogens with zero attached hydrogens (tertiary/aromatic N) is 1. The molecule has 2 unspecified atom stereocenters. The molecule has 0 amide bonds. The van der Waals surface area contributed by atoms with Crippen molar-refractivity contribution in [3.05, 3.63) is 75.8 Å². The molecule has 4 heteroatoms. The van der Waals surface area contributed by atoms with Crippen molar-refractivity contribution < 1.29 is 9.66 Å². The Balaban J connectivity index is 1.58. The smallest absolute Gasteiger partial charge is 0.221 e. The fourth-order valence-corrected chi connectivity index (χ4v) is 2.32. The molecule has 0 heterocycles. The van der Waals surface area contributed by atoms with Gasteiger partial charge in [0.15, 0.2) is 0 Å². The fourth-order valence-electron chi connectivity index (χ4n) is 2.32. The van der Waals surface area contributed by atoms with E-state index in [4.69, 9.17) is 4.74 Å². The normalized spacial score (nSPS) is 20.4. The van der Waals surface area contributed by atoms with Crippen molar-refractivity contribution in [3.63, 3.8) is 0 Å². The van der Waals surface area contributed by atoms with Gasteiger partial charge in [0.1, 0.15) is 12.4 Å². The molecular formula is C16H15NO3. The molecule has 102 valence electrons. The summed E-state index contributed by atoms with van der Waals surface area (Å²) >= 11 is 0. The number of hydrogen-bond donors (Lipinski definition) is 0. The van der Waals surface area contributed by atoms with E-state index in [1.54, 1.807) is 0 Å². The molecule has 0 N–H and O–H groups in total. The molecular weight excluding hydrogens is 254 g/mol. The van der Waals surface area contributed by atoms with Gasteiger partial charge in [-0.15, -0.1) is 0 Å². The van der Waals surface area contributed by atoms with Crippen molar-refractivity contribution in [2.24, 2.45) is 0 Å². The highest BCUT2D eigenvalue weighted by Crippen LogP contribution is 2.43. The van der Waals surface area contributed by atoms with E-state index in [2.05, 4.69) is 0 Å². The minimum absolute atomic E-state index is 0.0770. The van der Waals surface area contributed by atoms with E-state index in [0.717, 1.165) is 16.9 Å². The van der Waals surface area contributed by atoms with Crippen LogP contribution in [0.4, 0.5) is 0 Å². The average Bonchev–Trinajstić information content (AvgIpc) is 3.27. The average molecular weight is 269 g/mol. The highest BCUT2D eigenvalue weighted by Gasteiger charge is 2.49. The van der Waals surface area contributed by atoms with E-state index in [-0.39, 0.29) is 10.8 Å². The first-order chi connectivity index (χ1) is 9.74. The van der Waals surface area contributed by atoms with E-state index >= 15 is 0 Å². The number of ether oxygens (including phenoxy) is 1. The lowest BCUT2D eigenvalue weighted by molar-refractivity contribution is -0.496. The molecule has 20 heavy (non-hydrogen) atoms. The molecule has 0 radical (unpaired) electrons. The first-order valence-electron chi connectivity index (χ1n) is 6.64. The third kappa shape index (κ3) is 2.79. The van der Waals surface area contributed by atoms with Gasteiger partial charge in [-0.05, 0) is 23.3 Å². The Hall–Kier alpha value is -2.36. The minimum Gasteiger partial charge on any atom is -0.489 e. The minimum atomic E-state index is -0.397. The summed E-state index contributed by atoms with van der Waals surface area (Å²) in [5, 5.41) is 10.7. The van der Waals surface area contributed by atoms with Crippen LogP contribution in [0.3, 0.4) is 0 Å². The van der Waals surface area contributed by atoms with Gasteiger partial charge in [0, 0.05) is 11.3 Å². The molecule has 1 fully saturated rings. The van der Waals surface area contributed by atoms with Crippen molar-refractivity contribution in [2.45, 2.75) is 25.0 Å². The van der Waals surface area contributed by atoms with Gasteiger partial charge < -0.3 is 4.74 Å². The molecule has 0 saturated heterocycles. The zero-order valence-electron chi connectivity index (χ0n) is 10.9. The lowest BCUT2D eigenvalue weighted by Gasteiger charge is -2.07. The highest BCUT2D eigenvalue weighted by molar-refractivity contribution is 5.33. The molecule has 2 aromatic carbocycles. The first-order valence-corrected chi connectivity index (χ1v) is 6.64. The summed E-state index contributed by atoms with van der Waals surface area (Å²) in [6.45, 7) is 0.529. The van der Waals surface area contributed by atoms with Gasteiger partial charge in [0.05, 0.1) is 5.92 Å². The third-order valence-electron chi connectivity index (χ3n) is 3.58. The van der Waals surface area contributed by atoms with Crippen LogP contribution in [0, 0.1) is 10.1 Å². The van der Waals surface area contributed by atoms with Crippen LogP contribution in [-0.4, -0.2) is 11.0 Å². The van der Waals surface area contributed by atoms with Crippen LogP contribution in [0.2, 0.25) is 0 Å². The fraction of sp³-hybridized carbons (Fsp3) is 0.250. The zero-order chi connectivity index (χ0) is 13.9. The Morgan fingerprint density at radius 1 is 1.10 bits per heavy atom. The van der Waals surface area contributed by atoms with Crippen LogP contribution in [0.5, 0.6) is 5.75 Å². The first kappa shape index (κ1) is 12.7. The number of benzene rings is 2. The Labute approximate surface area is 117 Å². The summed E-state index contributed by atoms with van der Waals surface area (Å²) < 4.78 is 5.69. The number of hydrogen-bond acceptors (Lipinski definition) is 3. The summed E-state index contributed by atoms with van der Waals surface area (Å²) in [4.78, 5) is 10.5. The van der Waals surface area contributed by atoms with Crippen molar-refractivity contribution >= 4 is 0 Å². The third-order valence-corrected chi connectivity index (χ3v) is 3.58. The van der Waals surface area contributed by atoms with Gasteiger partial charge in [-0.3, -0.25) is 10.1 Å². The summed E-state index contributed by atoms with van der Waals surface area (Å²) in [6.07, 6.45) is 0.650. The monoisotopic (exact) mass is 269 g/mol. The van der Waals surface area contributed by atoms with Crippen LogP contribution >= 0.6 is 0 Å². The SMILES string of the molecule is O=[N+]([O-])C1CC1c1ccc(OCc2ccccc2)cc1. The van der Waals surface area contributed by atoms with E-state index in [9.17, 15) is 10.1 Å². The molecule has 3 rings (SSSR count). The molecule has 2 atom stereocenters. The number of rotatable bonds is 5. The second kappa shape index (κ2) is 5.33. The number of nitro groups is 1. The summed E-state index contributed by atoms with van der Waals surface area (Å²) in [5.41, 5.74) is 2.14. The maximum atomic E-state index is 10.7. The second-order valence-electron chi connectivity index (χ2n) is 5.04. The van der Waals surface area contributed by atoms with Crippen LogP contribution in [0.15, 0.2) is 54.6 Å². The van der Waals surface area contributed by atoms with Crippen molar-refractivity contribution in [3.8, 4) is 5.75 Å². The largest absolute Gasteiger partial charge is 0.489 e. The van der Waals surface area contributed by atoms with Crippen LogP contribution in [-0.2, 0) is 6.61 Å². The topological polar surface area (TPSA) is 52.4 Å². The van der Waals surface area contributed by atoms with E-state index < -0.39 is 6.04 Å². The molecule has 1 aliphatic rings. The van der Waals surface area contributed by atoms with E-state index in [1.165, 1.54) is 0 Å². The predicted molar refractivity (Wildman–Crippen MR) is 75.4 cm³/mol. The summed E-state index contributed by atoms with van der Waals surface area (Å²) in [6, 6.07) is 17.2. The molecule has 0 aromatic heterocycles. The summed E-state index contributed by atoms with van der Waals surface area (Å²) in [5.74, 6) is 0.865. The van der Waals surface area contributed by atoms with Crippen LogP contribution in [0.1, 0.15) is 23.5 Å². The zero-order valence-corrected chi connectivity index (χ0v) is 10.9. The van der Waals surface area contributed by atoms with Crippen molar-refractivity contribution in [1.29, 1.82) is 0 Å². The standard InChI is InChI=1S/C16H15NO3/c18-17(19)16-10-15(16)13-6-8-14(9-7-13)20-11-12-4-2-1-3-5-12/h1-9,15-16H,10-11H2. The van der Waals surface area contributed by atoms with Crippen LogP contribution < -0.4 is 4.74 Å². The quantitative estimate of drug-likeness (QED) is 0.617. The molecule has 1 aliphatic carbocycles. The van der Waals surface area contributed by atoms with Gasteiger partial charge in [0.25, 0.3) is 0 Å². The molecule has 2 aromatic rings. The van der Waals surface area contributed by atoms with Crippen LogP contribution in [0.25, 0.3) is 0 Å². The van der Waals surface area contributed by atoms with Crippen molar-refractivity contribution in [1.82, 2.24) is 0 Å². The molecule has 0 spiro atoms. The van der Waals surface area contributed by atoms with E-state index in [1.807, 2.05) is 54.6 Å². The lowest BCUT2D eigenvalue weighted by Crippen LogP contribution is -2.02. The maximum absolute atomic E-state index is 10.7. The molecule has 0 bridgehead atoms. The van der Waals surface area contributed by atoms with Crippen molar-refractivity contribution in [2.75, 3.05) is 0 Å². The van der Waals surface area contributed by atoms with Gasteiger partial charge >= 0.3 is 0 Å². The Morgan fingerprint density at radius 2 is 1.80 bits per heavy atom. The Bertz CT molecular complexity index is 595. The van der Waals surface area contributed by atoms with E-state index in [0.29, 0.717) is 13.0 Å². The van der Waals surface area contributed by atoms with Gasteiger partial charge in [0.2, 0.25) is 6.04 Å². The summed E-state index contributed by atoms with van der Waals surface area (Å²) in [7, 11) is 0. The Kier molecular flexibility index (Phi) is 3.37. The van der Waals surface area contributed by atoms with Gasteiger partial charge in [-0.2, -0.15) is 0 Å². The predicted octanol–water partition coefficient (Wildman–Crippen LogP) is 3.40. The maximum Gasteiger partial charge on any atom is 0.221 e. The molecule has 1 saturated carbocycles. The van der Waals surface area contributed by atoms with Gasteiger partial charge in [-0.25, -0.2) is 0 Å². The highest BCUT2D eigenvalue weighted by atomic mass is 16.6. The lowest BCUT2D eigenvalue weighted by atomic mass is 10.1. The molecule has 0 aliphatic heterocycles.